The number of aromatic nitrogens is 2. The molecule has 0 bridgehead atoms. The van der Waals surface area contributed by atoms with Crippen LogP contribution in [0.3, 0.4) is 0 Å². The highest BCUT2D eigenvalue weighted by Gasteiger charge is 2.15. The maximum Gasteiger partial charge on any atom is 0.227 e. The van der Waals surface area contributed by atoms with Crippen LogP contribution in [0.25, 0.3) is 65.2 Å². The molecule has 0 fully saturated rings. The molecule has 256 valence electrons. The molecule has 0 atom stereocenters. The maximum atomic E-state index is 6.04. The Kier molecular flexibility index (Phi) is 7.93. The summed E-state index contributed by atoms with van der Waals surface area (Å²) in [5.41, 5.74) is 12.4. The molecular weight excluding hydrogens is 681 g/mol. The summed E-state index contributed by atoms with van der Waals surface area (Å²) in [4.78, 5) is 11.8. The van der Waals surface area contributed by atoms with E-state index >= 15 is 0 Å². The summed E-state index contributed by atoms with van der Waals surface area (Å²) in [6.07, 6.45) is 0. The van der Waals surface area contributed by atoms with Crippen LogP contribution in [-0.4, -0.2) is 9.97 Å². The first-order valence-corrected chi connectivity index (χ1v) is 18.7. The lowest BCUT2D eigenvalue weighted by molar-refractivity contribution is 0.620. The highest BCUT2D eigenvalue weighted by molar-refractivity contribution is 7.21. The first-order chi connectivity index (χ1) is 26.7. The molecule has 0 aliphatic rings. The Hall–Kier alpha value is -7.02. The molecule has 10 rings (SSSR count). The number of hydrogen-bond acceptors (Lipinski definition) is 6. The molecule has 0 aliphatic carbocycles. The van der Waals surface area contributed by atoms with E-state index in [4.69, 9.17) is 9.40 Å². The Morgan fingerprint density at radius 1 is 0.444 bits per heavy atom. The highest BCUT2D eigenvalue weighted by Crippen LogP contribution is 2.38. The Morgan fingerprint density at radius 2 is 1.04 bits per heavy atom. The van der Waals surface area contributed by atoms with E-state index in [0.29, 0.717) is 5.89 Å². The minimum absolute atomic E-state index is 0.619. The van der Waals surface area contributed by atoms with Crippen LogP contribution < -0.4 is 10.2 Å². The van der Waals surface area contributed by atoms with Gasteiger partial charge in [0.05, 0.1) is 10.2 Å². The van der Waals surface area contributed by atoms with Crippen molar-refractivity contribution in [1.29, 1.82) is 0 Å². The van der Waals surface area contributed by atoms with Crippen molar-refractivity contribution in [1.82, 2.24) is 9.97 Å². The van der Waals surface area contributed by atoms with Crippen molar-refractivity contribution >= 4 is 71.9 Å². The lowest BCUT2D eigenvalue weighted by atomic mass is 10.00. The average molecular weight is 713 g/mol. The van der Waals surface area contributed by atoms with Gasteiger partial charge in [-0.2, -0.15) is 0 Å². The number of benzene rings is 8. The second-order valence-corrected chi connectivity index (χ2v) is 14.2. The van der Waals surface area contributed by atoms with Gasteiger partial charge < -0.3 is 14.6 Å². The lowest BCUT2D eigenvalue weighted by Gasteiger charge is -2.26. The molecule has 0 saturated carbocycles. The highest BCUT2D eigenvalue weighted by atomic mass is 32.1. The van der Waals surface area contributed by atoms with Crippen LogP contribution in [0, 0.1) is 0 Å². The van der Waals surface area contributed by atoms with E-state index in [9.17, 15) is 0 Å². The van der Waals surface area contributed by atoms with Crippen LogP contribution in [0.4, 0.5) is 28.4 Å². The van der Waals surface area contributed by atoms with Gasteiger partial charge in [0.1, 0.15) is 10.5 Å². The Labute approximate surface area is 316 Å². The van der Waals surface area contributed by atoms with Gasteiger partial charge in [0.25, 0.3) is 0 Å². The van der Waals surface area contributed by atoms with Crippen molar-refractivity contribution in [3.63, 3.8) is 0 Å². The largest absolute Gasteiger partial charge is 0.436 e. The first kappa shape index (κ1) is 31.7. The molecule has 6 heteroatoms. The van der Waals surface area contributed by atoms with Gasteiger partial charge in [0.2, 0.25) is 5.89 Å². The zero-order valence-electron chi connectivity index (χ0n) is 29.1. The van der Waals surface area contributed by atoms with Crippen LogP contribution in [-0.2, 0) is 0 Å². The molecule has 10 aromatic rings. The average Bonchev–Trinajstić information content (AvgIpc) is 3.87. The van der Waals surface area contributed by atoms with E-state index in [1.165, 1.54) is 26.6 Å². The van der Waals surface area contributed by atoms with Crippen molar-refractivity contribution in [2.24, 2.45) is 0 Å². The molecule has 2 aromatic heterocycles. The number of rotatable bonds is 8. The predicted molar refractivity (Wildman–Crippen MR) is 225 cm³/mol. The van der Waals surface area contributed by atoms with Crippen LogP contribution >= 0.6 is 11.3 Å². The van der Waals surface area contributed by atoms with E-state index in [0.717, 1.165) is 61.2 Å². The summed E-state index contributed by atoms with van der Waals surface area (Å²) in [5.74, 6) is 0.619. The van der Waals surface area contributed by atoms with E-state index in [1.54, 1.807) is 11.3 Å². The fraction of sp³-hybridized carbons (Fsp3) is 0. The third-order valence-corrected chi connectivity index (χ3v) is 10.8. The zero-order chi connectivity index (χ0) is 35.8. The quantitative estimate of drug-likeness (QED) is 0.170. The van der Waals surface area contributed by atoms with Gasteiger partial charge in [-0.05, 0) is 137 Å². The summed E-state index contributed by atoms with van der Waals surface area (Å²) in [5, 5.41) is 6.95. The summed E-state index contributed by atoms with van der Waals surface area (Å²) in [7, 11) is 0. The summed E-state index contributed by atoms with van der Waals surface area (Å²) < 4.78 is 7.24. The SMILES string of the molecule is c1ccc(N(c2ccc(-c3nc4ccccc4o3)cc2)c2ccc3cc(-c4ccc(Nc5ccc(-c6nc7ccccc7s6)cc5)cc4)ccc3c2)cc1. The monoisotopic (exact) mass is 712 g/mol. The smallest absolute Gasteiger partial charge is 0.227 e. The molecule has 0 unspecified atom stereocenters. The molecule has 2 heterocycles. The summed E-state index contributed by atoms with van der Waals surface area (Å²) in [6.45, 7) is 0. The van der Waals surface area contributed by atoms with Crippen molar-refractivity contribution in [3.8, 4) is 33.2 Å². The van der Waals surface area contributed by atoms with Crippen LogP contribution in [0.2, 0.25) is 0 Å². The van der Waals surface area contributed by atoms with E-state index in [-0.39, 0.29) is 0 Å². The third-order valence-electron chi connectivity index (χ3n) is 9.70. The third kappa shape index (κ3) is 6.15. The van der Waals surface area contributed by atoms with Gasteiger partial charge >= 0.3 is 0 Å². The maximum absolute atomic E-state index is 6.04. The number of oxazole rings is 1. The van der Waals surface area contributed by atoms with E-state index in [2.05, 4.69) is 167 Å². The Morgan fingerprint density at radius 3 is 1.80 bits per heavy atom. The number of nitrogens with zero attached hydrogens (tertiary/aromatic N) is 3. The molecule has 0 saturated heterocycles. The van der Waals surface area contributed by atoms with Gasteiger partial charge in [-0.15, -0.1) is 11.3 Å². The number of nitrogens with one attached hydrogen (secondary N) is 1. The number of fused-ring (bicyclic) bond motifs is 3. The zero-order valence-corrected chi connectivity index (χ0v) is 29.9. The van der Waals surface area contributed by atoms with Gasteiger partial charge in [-0.25, -0.2) is 9.97 Å². The van der Waals surface area contributed by atoms with Crippen LogP contribution in [0.15, 0.2) is 192 Å². The molecule has 5 nitrogen and oxygen atoms in total. The van der Waals surface area contributed by atoms with Crippen LogP contribution in [0.5, 0.6) is 0 Å². The topological polar surface area (TPSA) is 54.2 Å². The second-order valence-electron chi connectivity index (χ2n) is 13.2. The number of thiazole rings is 1. The standard InChI is InChI=1S/C48H32N4OS/c1-2-8-40(9-3-1)52(41-27-20-33(21-28-41)47-50-43-10-4-6-12-45(43)53-47)42-29-22-36-30-35(14-15-37(36)31-42)32-16-23-38(24-17-32)49-39-25-18-34(19-26-39)48-51-44-11-5-7-13-46(44)54-48/h1-31,49H. The number of anilines is 5. The Balaban J connectivity index is 0.879. The molecule has 1 N–H and O–H groups in total. The molecule has 0 amide bonds. The van der Waals surface area contributed by atoms with Gasteiger partial charge in [-0.1, -0.05) is 72.8 Å². The first-order valence-electron chi connectivity index (χ1n) is 17.9. The second kappa shape index (κ2) is 13.5. The van der Waals surface area contributed by atoms with Gasteiger partial charge in [0.15, 0.2) is 5.58 Å². The Bertz CT molecular complexity index is 2830. The van der Waals surface area contributed by atoms with E-state index < -0.39 is 0 Å². The molecular formula is C48H32N4OS. The lowest BCUT2D eigenvalue weighted by Crippen LogP contribution is -2.09. The van der Waals surface area contributed by atoms with Crippen molar-refractivity contribution in [2.75, 3.05) is 10.2 Å². The summed E-state index contributed by atoms with van der Waals surface area (Å²) in [6, 6.07) is 65.5. The summed E-state index contributed by atoms with van der Waals surface area (Å²) >= 11 is 1.72. The number of hydrogen-bond donors (Lipinski definition) is 1. The van der Waals surface area contributed by atoms with Gasteiger partial charge in [0, 0.05) is 39.6 Å². The fourth-order valence-corrected chi connectivity index (χ4v) is 7.90. The van der Waals surface area contributed by atoms with Gasteiger partial charge in [-0.3, -0.25) is 0 Å². The normalized spacial score (nSPS) is 11.3. The van der Waals surface area contributed by atoms with Crippen molar-refractivity contribution in [3.05, 3.63) is 188 Å². The van der Waals surface area contributed by atoms with Crippen molar-refractivity contribution < 1.29 is 4.42 Å². The van der Waals surface area contributed by atoms with Crippen LogP contribution in [0.1, 0.15) is 0 Å². The van der Waals surface area contributed by atoms with E-state index in [1.807, 2.05) is 36.4 Å². The molecule has 54 heavy (non-hydrogen) atoms. The minimum atomic E-state index is 0.619. The predicted octanol–water partition coefficient (Wildman–Crippen LogP) is 13.8. The molecule has 0 aliphatic heterocycles. The molecule has 0 radical (unpaired) electrons. The number of para-hydroxylation sites is 4. The van der Waals surface area contributed by atoms with Crippen molar-refractivity contribution in [2.45, 2.75) is 0 Å². The fourth-order valence-electron chi connectivity index (χ4n) is 6.93. The minimum Gasteiger partial charge on any atom is -0.436 e. The molecule has 8 aromatic carbocycles. The molecule has 0 spiro atoms.